The third kappa shape index (κ3) is 1.80. The fourth-order valence-electron chi connectivity index (χ4n) is 1.98. The van der Waals surface area contributed by atoms with Gasteiger partial charge in [-0.15, -0.1) is 0 Å². The van der Waals surface area contributed by atoms with Crippen LogP contribution in [0.5, 0.6) is 0 Å². The smallest absolute Gasteiger partial charge is 0.248 e. The van der Waals surface area contributed by atoms with Gasteiger partial charge in [-0.2, -0.15) is 9.40 Å². The number of nitrogens with zero attached hydrogens (tertiary/aromatic N) is 2. The number of nitrogens with one attached hydrogen (secondary N) is 1. The molecule has 1 aliphatic rings. The Morgan fingerprint density at radius 2 is 2.44 bits per heavy atom. The predicted molar refractivity (Wildman–Crippen MR) is 60.2 cm³/mol. The molecule has 1 aromatic heterocycles. The fourth-order valence-corrected chi connectivity index (χ4v) is 3.52. The lowest BCUT2D eigenvalue weighted by molar-refractivity contribution is 0.453. The van der Waals surface area contributed by atoms with Gasteiger partial charge >= 0.3 is 0 Å². The molecule has 1 aliphatic heterocycles. The van der Waals surface area contributed by atoms with Crippen LogP contribution in [0.2, 0.25) is 0 Å². The van der Waals surface area contributed by atoms with Crippen LogP contribution in [0.25, 0.3) is 0 Å². The van der Waals surface area contributed by atoms with E-state index < -0.39 is 10.0 Å². The molecule has 1 fully saturated rings. The third-order valence-corrected chi connectivity index (χ3v) is 4.97. The molecule has 2 heterocycles. The highest BCUT2D eigenvalue weighted by molar-refractivity contribution is 7.89. The number of rotatable bonds is 3. The van der Waals surface area contributed by atoms with E-state index in [-0.39, 0.29) is 10.7 Å². The maximum absolute atomic E-state index is 12.2. The summed E-state index contributed by atoms with van der Waals surface area (Å²) in [5.41, 5.74) is 5.54. The molecule has 1 aromatic rings. The van der Waals surface area contributed by atoms with Crippen LogP contribution in [-0.4, -0.2) is 36.0 Å². The number of nitrogens with two attached hydrogens (primary N) is 1. The predicted octanol–water partition coefficient (Wildman–Crippen LogP) is 0.413. The SMILES string of the molecule is CCC1CCN(S(=O)(=O)c2cn[nH]c2N)C1. The van der Waals surface area contributed by atoms with Crippen LogP contribution < -0.4 is 5.73 Å². The molecule has 0 saturated carbocycles. The highest BCUT2D eigenvalue weighted by Gasteiger charge is 2.33. The summed E-state index contributed by atoms with van der Waals surface area (Å²) < 4.78 is 25.8. The fraction of sp³-hybridized carbons (Fsp3) is 0.667. The van der Waals surface area contributed by atoms with Crippen LogP contribution in [0.3, 0.4) is 0 Å². The van der Waals surface area contributed by atoms with Crippen LogP contribution in [0.1, 0.15) is 19.8 Å². The van der Waals surface area contributed by atoms with Crippen molar-refractivity contribution < 1.29 is 8.42 Å². The molecule has 1 saturated heterocycles. The molecule has 0 aromatic carbocycles. The maximum atomic E-state index is 12.2. The largest absolute Gasteiger partial charge is 0.383 e. The zero-order chi connectivity index (χ0) is 11.8. The Labute approximate surface area is 94.9 Å². The molecular formula is C9H16N4O2S. The molecule has 0 spiro atoms. The van der Waals surface area contributed by atoms with Crippen LogP contribution in [0, 0.1) is 5.92 Å². The van der Waals surface area contributed by atoms with Crippen molar-refractivity contribution >= 4 is 15.8 Å². The summed E-state index contributed by atoms with van der Waals surface area (Å²) in [5, 5.41) is 6.09. The minimum absolute atomic E-state index is 0.0873. The number of hydrogen-bond donors (Lipinski definition) is 2. The van der Waals surface area contributed by atoms with E-state index in [0.29, 0.717) is 19.0 Å². The van der Waals surface area contributed by atoms with Crippen LogP contribution in [-0.2, 0) is 10.0 Å². The minimum atomic E-state index is -3.45. The molecule has 0 bridgehead atoms. The topological polar surface area (TPSA) is 92.1 Å². The second kappa shape index (κ2) is 4.06. The van der Waals surface area contributed by atoms with Crippen molar-refractivity contribution in [3.05, 3.63) is 6.20 Å². The Bertz CT molecular complexity index is 468. The monoisotopic (exact) mass is 244 g/mol. The number of H-pyrrole nitrogens is 1. The van der Waals surface area contributed by atoms with Crippen molar-refractivity contribution in [1.82, 2.24) is 14.5 Å². The lowest BCUT2D eigenvalue weighted by Crippen LogP contribution is -2.29. The van der Waals surface area contributed by atoms with Gasteiger partial charge in [-0.3, -0.25) is 5.10 Å². The maximum Gasteiger partial charge on any atom is 0.248 e. The average Bonchev–Trinajstić information content (AvgIpc) is 2.85. The minimum Gasteiger partial charge on any atom is -0.383 e. The van der Waals surface area contributed by atoms with Gasteiger partial charge in [-0.25, -0.2) is 8.42 Å². The van der Waals surface area contributed by atoms with E-state index in [9.17, 15) is 8.42 Å². The highest BCUT2D eigenvalue weighted by Crippen LogP contribution is 2.27. The summed E-state index contributed by atoms with van der Waals surface area (Å²) in [6.07, 6.45) is 3.20. The van der Waals surface area contributed by atoms with Crippen molar-refractivity contribution in [3.8, 4) is 0 Å². The van der Waals surface area contributed by atoms with E-state index >= 15 is 0 Å². The molecule has 2 rings (SSSR count). The van der Waals surface area contributed by atoms with Gasteiger partial charge in [-0.1, -0.05) is 13.3 Å². The van der Waals surface area contributed by atoms with Crippen LogP contribution >= 0.6 is 0 Å². The van der Waals surface area contributed by atoms with Crippen molar-refractivity contribution in [2.45, 2.75) is 24.7 Å². The Morgan fingerprint density at radius 1 is 1.69 bits per heavy atom. The number of nitrogen functional groups attached to an aromatic ring is 1. The van der Waals surface area contributed by atoms with E-state index in [0.717, 1.165) is 12.8 Å². The lowest BCUT2D eigenvalue weighted by atomic mass is 10.1. The molecule has 1 atom stereocenters. The summed E-state index contributed by atoms with van der Waals surface area (Å²) >= 11 is 0. The second-order valence-corrected chi connectivity index (χ2v) is 5.98. The summed E-state index contributed by atoms with van der Waals surface area (Å²) in [6, 6.07) is 0. The third-order valence-electron chi connectivity index (χ3n) is 3.08. The van der Waals surface area contributed by atoms with E-state index in [2.05, 4.69) is 17.1 Å². The summed E-state index contributed by atoms with van der Waals surface area (Å²) in [6.45, 7) is 3.24. The second-order valence-electron chi connectivity index (χ2n) is 4.07. The van der Waals surface area contributed by atoms with Gasteiger partial charge in [0.1, 0.15) is 10.7 Å². The molecule has 3 N–H and O–H groups in total. The number of aromatic amines is 1. The first-order valence-electron chi connectivity index (χ1n) is 5.34. The first kappa shape index (κ1) is 11.4. The van der Waals surface area contributed by atoms with E-state index in [4.69, 9.17) is 5.73 Å². The van der Waals surface area contributed by atoms with Gasteiger partial charge < -0.3 is 5.73 Å². The number of hydrogen-bond acceptors (Lipinski definition) is 4. The van der Waals surface area contributed by atoms with Gasteiger partial charge in [0.05, 0.1) is 6.20 Å². The molecule has 7 heteroatoms. The Kier molecular flexibility index (Phi) is 2.90. The molecule has 0 amide bonds. The summed E-state index contributed by atoms with van der Waals surface area (Å²) in [5.74, 6) is 0.572. The van der Waals surface area contributed by atoms with E-state index in [1.807, 2.05) is 0 Å². The number of sulfonamides is 1. The van der Waals surface area contributed by atoms with Gasteiger partial charge in [0.15, 0.2) is 0 Å². The first-order valence-corrected chi connectivity index (χ1v) is 6.78. The van der Waals surface area contributed by atoms with Crippen molar-refractivity contribution in [2.75, 3.05) is 18.8 Å². The molecule has 6 nitrogen and oxygen atoms in total. The molecule has 1 unspecified atom stereocenters. The van der Waals surface area contributed by atoms with Gasteiger partial charge in [-0.05, 0) is 12.3 Å². The Morgan fingerprint density at radius 3 is 2.94 bits per heavy atom. The molecule has 90 valence electrons. The van der Waals surface area contributed by atoms with Crippen molar-refractivity contribution in [3.63, 3.8) is 0 Å². The van der Waals surface area contributed by atoms with E-state index in [1.54, 1.807) is 0 Å². The zero-order valence-electron chi connectivity index (χ0n) is 9.18. The van der Waals surface area contributed by atoms with Gasteiger partial charge in [0, 0.05) is 13.1 Å². The average molecular weight is 244 g/mol. The lowest BCUT2D eigenvalue weighted by Gasteiger charge is -2.15. The quantitative estimate of drug-likeness (QED) is 0.805. The molecule has 0 aliphatic carbocycles. The normalized spacial score (nSPS) is 22.7. The van der Waals surface area contributed by atoms with Crippen molar-refractivity contribution in [2.24, 2.45) is 5.92 Å². The van der Waals surface area contributed by atoms with Gasteiger partial charge in [0.25, 0.3) is 0 Å². The zero-order valence-corrected chi connectivity index (χ0v) is 10.00. The first-order chi connectivity index (χ1) is 7.55. The Hall–Kier alpha value is -1.08. The molecule has 16 heavy (non-hydrogen) atoms. The van der Waals surface area contributed by atoms with E-state index in [1.165, 1.54) is 10.5 Å². The van der Waals surface area contributed by atoms with Crippen LogP contribution in [0.15, 0.2) is 11.1 Å². The standard InChI is InChI=1S/C9H16N4O2S/c1-2-7-3-4-13(6-7)16(14,15)8-5-11-12-9(8)10/h5,7H,2-4,6H2,1H3,(H3,10,11,12). The molecule has 0 radical (unpaired) electrons. The summed E-state index contributed by atoms with van der Waals surface area (Å²) in [7, 11) is -3.45. The molecular weight excluding hydrogens is 228 g/mol. The highest BCUT2D eigenvalue weighted by atomic mass is 32.2. The van der Waals surface area contributed by atoms with Gasteiger partial charge in [0.2, 0.25) is 10.0 Å². The number of anilines is 1. The van der Waals surface area contributed by atoms with Crippen molar-refractivity contribution in [1.29, 1.82) is 0 Å². The van der Waals surface area contributed by atoms with Crippen LogP contribution in [0.4, 0.5) is 5.82 Å². The Balaban J connectivity index is 2.25. The number of aromatic nitrogens is 2. The summed E-state index contributed by atoms with van der Waals surface area (Å²) in [4.78, 5) is 0.0873.